The van der Waals surface area contributed by atoms with Crippen molar-refractivity contribution in [3.05, 3.63) is 47.5 Å². The second-order valence-corrected chi connectivity index (χ2v) is 5.86. The zero-order valence-electron chi connectivity index (χ0n) is 11.3. The average molecular weight is 281 g/mol. The van der Waals surface area contributed by atoms with E-state index >= 15 is 0 Å². The quantitative estimate of drug-likeness (QED) is 0.814. The highest BCUT2D eigenvalue weighted by Gasteiger charge is 2.41. The molecule has 1 nitrogen and oxygen atoms in total. The molecular formula is C16H18F3N. The Morgan fingerprint density at radius 3 is 2.80 bits per heavy atom. The standard InChI is InChI=1S/C16H18F3N/c1-10(20-15-9-12-5-3-7-14(12)15)11-4-2-6-13(8-11)16(17,18)19/h2-4,6-8,10,12,14-15,20H,5,9H2,1H3. The van der Waals surface area contributed by atoms with E-state index < -0.39 is 11.7 Å². The molecule has 0 saturated heterocycles. The number of hydrogen-bond acceptors (Lipinski definition) is 1. The second kappa shape index (κ2) is 4.92. The van der Waals surface area contributed by atoms with Crippen molar-refractivity contribution in [1.29, 1.82) is 0 Å². The first-order valence-electron chi connectivity index (χ1n) is 7.05. The van der Waals surface area contributed by atoms with E-state index in [1.165, 1.54) is 12.1 Å². The molecule has 108 valence electrons. The Balaban J connectivity index is 1.68. The zero-order valence-corrected chi connectivity index (χ0v) is 11.3. The topological polar surface area (TPSA) is 12.0 Å². The number of nitrogens with one attached hydrogen (secondary N) is 1. The molecule has 3 rings (SSSR count). The van der Waals surface area contributed by atoms with Gasteiger partial charge in [0.05, 0.1) is 5.56 Å². The summed E-state index contributed by atoms with van der Waals surface area (Å²) in [5.41, 5.74) is 0.126. The van der Waals surface area contributed by atoms with Crippen LogP contribution >= 0.6 is 0 Å². The molecule has 0 aromatic heterocycles. The molecule has 0 heterocycles. The van der Waals surface area contributed by atoms with E-state index in [0.717, 1.165) is 24.8 Å². The van der Waals surface area contributed by atoms with Crippen molar-refractivity contribution in [3.63, 3.8) is 0 Å². The number of alkyl halides is 3. The van der Waals surface area contributed by atoms with Crippen molar-refractivity contribution >= 4 is 0 Å². The molecule has 0 radical (unpaired) electrons. The summed E-state index contributed by atoms with van der Waals surface area (Å²) in [5.74, 6) is 1.32. The molecule has 1 fully saturated rings. The highest BCUT2D eigenvalue weighted by Crippen LogP contribution is 2.43. The van der Waals surface area contributed by atoms with Gasteiger partial charge in [0.15, 0.2) is 0 Å². The number of allylic oxidation sites excluding steroid dienone is 1. The Kier molecular flexibility index (Phi) is 3.36. The molecule has 1 aromatic rings. The van der Waals surface area contributed by atoms with Gasteiger partial charge in [-0.3, -0.25) is 0 Å². The monoisotopic (exact) mass is 281 g/mol. The van der Waals surface area contributed by atoms with E-state index in [1.807, 2.05) is 6.92 Å². The van der Waals surface area contributed by atoms with Gasteiger partial charge in [0.2, 0.25) is 0 Å². The number of halogens is 3. The lowest BCUT2D eigenvalue weighted by Crippen LogP contribution is -2.48. The Labute approximate surface area is 116 Å². The van der Waals surface area contributed by atoms with Crippen molar-refractivity contribution in [2.45, 2.75) is 38.0 Å². The predicted molar refractivity (Wildman–Crippen MR) is 72.1 cm³/mol. The first-order valence-corrected chi connectivity index (χ1v) is 7.05. The molecule has 20 heavy (non-hydrogen) atoms. The Bertz CT molecular complexity index is 521. The lowest BCUT2D eigenvalue weighted by molar-refractivity contribution is -0.137. The number of rotatable bonds is 3. The highest BCUT2D eigenvalue weighted by atomic mass is 19.4. The maximum atomic E-state index is 12.7. The lowest BCUT2D eigenvalue weighted by atomic mass is 9.71. The Morgan fingerprint density at radius 1 is 1.30 bits per heavy atom. The van der Waals surface area contributed by atoms with Gasteiger partial charge >= 0.3 is 6.18 Å². The maximum absolute atomic E-state index is 12.7. The minimum Gasteiger partial charge on any atom is -0.307 e. The second-order valence-electron chi connectivity index (χ2n) is 5.86. The van der Waals surface area contributed by atoms with Crippen LogP contribution in [0.5, 0.6) is 0 Å². The van der Waals surface area contributed by atoms with Crippen LogP contribution in [0.1, 0.15) is 36.9 Å². The van der Waals surface area contributed by atoms with Gasteiger partial charge in [-0.25, -0.2) is 0 Å². The number of hydrogen-bond donors (Lipinski definition) is 1. The van der Waals surface area contributed by atoms with Crippen LogP contribution < -0.4 is 5.32 Å². The molecular weight excluding hydrogens is 263 g/mol. The molecule has 4 heteroatoms. The maximum Gasteiger partial charge on any atom is 0.416 e. The molecule has 2 aliphatic rings. The molecule has 1 N–H and O–H groups in total. The smallest absolute Gasteiger partial charge is 0.307 e. The van der Waals surface area contributed by atoms with Crippen LogP contribution in [-0.4, -0.2) is 6.04 Å². The summed E-state index contributed by atoms with van der Waals surface area (Å²) in [6, 6.07) is 5.96. The molecule has 0 amide bonds. The zero-order chi connectivity index (χ0) is 14.3. The van der Waals surface area contributed by atoms with Crippen molar-refractivity contribution in [2.24, 2.45) is 11.8 Å². The molecule has 0 spiro atoms. The van der Waals surface area contributed by atoms with Gasteiger partial charge in [-0.2, -0.15) is 13.2 Å². The van der Waals surface area contributed by atoms with Crippen LogP contribution in [0.3, 0.4) is 0 Å². The summed E-state index contributed by atoms with van der Waals surface area (Å²) in [5, 5.41) is 3.46. The summed E-state index contributed by atoms with van der Waals surface area (Å²) < 4.78 is 38.2. The Morgan fingerprint density at radius 2 is 2.10 bits per heavy atom. The van der Waals surface area contributed by atoms with E-state index in [-0.39, 0.29) is 6.04 Å². The fourth-order valence-electron chi connectivity index (χ4n) is 3.31. The van der Waals surface area contributed by atoms with Crippen molar-refractivity contribution in [3.8, 4) is 0 Å². The molecule has 1 aromatic carbocycles. The third-order valence-electron chi connectivity index (χ3n) is 4.54. The van der Waals surface area contributed by atoms with Gasteiger partial charge in [0.1, 0.15) is 0 Å². The van der Waals surface area contributed by atoms with Crippen molar-refractivity contribution < 1.29 is 13.2 Å². The minimum atomic E-state index is -4.27. The van der Waals surface area contributed by atoms with Crippen LogP contribution in [-0.2, 0) is 6.18 Å². The largest absolute Gasteiger partial charge is 0.416 e. The highest BCUT2D eigenvalue weighted by molar-refractivity contribution is 5.28. The third-order valence-corrected chi connectivity index (χ3v) is 4.54. The van der Waals surface area contributed by atoms with Gasteiger partial charge in [0.25, 0.3) is 0 Å². The van der Waals surface area contributed by atoms with Crippen LogP contribution in [0, 0.1) is 11.8 Å². The predicted octanol–water partition coefficient (Wildman–Crippen LogP) is 4.32. The fraction of sp³-hybridized carbons (Fsp3) is 0.500. The van der Waals surface area contributed by atoms with Gasteiger partial charge in [-0.05, 0) is 49.3 Å². The van der Waals surface area contributed by atoms with Gasteiger partial charge < -0.3 is 5.32 Å². The number of fused-ring (bicyclic) bond motifs is 1. The van der Waals surface area contributed by atoms with Crippen molar-refractivity contribution in [1.82, 2.24) is 5.32 Å². The van der Waals surface area contributed by atoms with E-state index in [1.54, 1.807) is 6.07 Å². The lowest BCUT2D eigenvalue weighted by Gasteiger charge is -2.42. The van der Waals surface area contributed by atoms with E-state index in [0.29, 0.717) is 17.5 Å². The van der Waals surface area contributed by atoms with E-state index in [4.69, 9.17) is 0 Å². The van der Waals surface area contributed by atoms with Crippen LogP contribution in [0.15, 0.2) is 36.4 Å². The Hall–Kier alpha value is -1.29. The molecule has 1 saturated carbocycles. The molecule has 2 aliphatic carbocycles. The van der Waals surface area contributed by atoms with Crippen LogP contribution in [0.4, 0.5) is 13.2 Å². The fourth-order valence-corrected chi connectivity index (χ4v) is 3.31. The summed E-state index contributed by atoms with van der Waals surface area (Å²) in [6.45, 7) is 1.93. The molecule has 0 bridgehead atoms. The molecule has 4 atom stereocenters. The van der Waals surface area contributed by atoms with Crippen molar-refractivity contribution in [2.75, 3.05) is 0 Å². The SMILES string of the molecule is CC(NC1CC2CC=CC21)c1cccc(C(F)(F)F)c1. The van der Waals surface area contributed by atoms with Crippen LogP contribution in [0.25, 0.3) is 0 Å². The summed E-state index contributed by atoms with van der Waals surface area (Å²) in [4.78, 5) is 0. The first-order chi connectivity index (χ1) is 9.45. The summed E-state index contributed by atoms with van der Waals surface area (Å²) in [7, 11) is 0. The minimum absolute atomic E-state index is 0.0581. The van der Waals surface area contributed by atoms with Crippen LogP contribution in [0.2, 0.25) is 0 Å². The van der Waals surface area contributed by atoms with Gasteiger partial charge in [-0.1, -0.05) is 24.3 Å². The average Bonchev–Trinajstić information content (AvgIpc) is 2.76. The third kappa shape index (κ3) is 2.49. The van der Waals surface area contributed by atoms with E-state index in [2.05, 4.69) is 17.5 Å². The molecule has 4 unspecified atom stereocenters. The summed E-state index contributed by atoms with van der Waals surface area (Å²) in [6.07, 6.45) is 2.46. The first kappa shape index (κ1) is 13.7. The van der Waals surface area contributed by atoms with Gasteiger partial charge in [0, 0.05) is 12.1 Å². The summed E-state index contributed by atoms with van der Waals surface area (Å²) >= 11 is 0. The number of benzene rings is 1. The normalized spacial score (nSPS) is 29.9. The van der Waals surface area contributed by atoms with E-state index in [9.17, 15) is 13.2 Å². The van der Waals surface area contributed by atoms with Gasteiger partial charge in [-0.15, -0.1) is 0 Å². The molecule has 0 aliphatic heterocycles.